The van der Waals surface area contributed by atoms with Crippen molar-refractivity contribution in [1.82, 2.24) is 4.98 Å². The van der Waals surface area contributed by atoms with Crippen molar-refractivity contribution in [2.45, 2.75) is 6.92 Å². The van der Waals surface area contributed by atoms with Gasteiger partial charge in [-0.2, -0.15) is 0 Å². The van der Waals surface area contributed by atoms with Gasteiger partial charge in [-0.05, 0) is 0 Å². The molecular formula is C14H10F2NO2Tl. The Labute approximate surface area is 130 Å². The second-order valence-electron chi connectivity index (χ2n) is 3.98. The van der Waals surface area contributed by atoms with Crippen LogP contribution in [-0.4, -0.2) is 43.3 Å². The Bertz CT molecular complexity index is 662. The van der Waals surface area contributed by atoms with Crippen molar-refractivity contribution < 1.29 is 18.3 Å². The van der Waals surface area contributed by atoms with E-state index in [4.69, 9.17) is 4.74 Å². The van der Waals surface area contributed by atoms with E-state index in [1.807, 2.05) is 0 Å². The van der Waals surface area contributed by atoms with Crippen LogP contribution >= 0.6 is 0 Å². The van der Waals surface area contributed by atoms with Crippen LogP contribution in [0.1, 0.15) is 17.3 Å². The Kier molecular flexibility index (Phi) is 4.79. The van der Waals surface area contributed by atoms with Crippen molar-refractivity contribution in [3.05, 3.63) is 47.5 Å². The molecule has 0 N–H and O–H groups in total. The van der Waals surface area contributed by atoms with E-state index in [-0.39, 0.29) is 23.4 Å². The quantitative estimate of drug-likeness (QED) is 0.513. The molecule has 0 bridgehead atoms. The van der Waals surface area contributed by atoms with Gasteiger partial charge in [-0.1, -0.05) is 0 Å². The zero-order valence-corrected chi connectivity index (χ0v) is 15.2. The first-order chi connectivity index (χ1) is 9.52. The number of aromatic nitrogens is 1. The first-order valence-corrected chi connectivity index (χ1v) is 8.16. The average Bonchev–Trinajstić information content (AvgIpc) is 2.38. The fourth-order valence-electron chi connectivity index (χ4n) is 1.73. The van der Waals surface area contributed by atoms with Gasteiger partial charge in [0.1, 0.15) is 0 Å². The monoisotopic (exact) mass is 467 g/mol. The van der Waals surface area contributed by atoms with E-state index in [2.05, 4.69) is 4.98 Å². The number of carbonyl (C=O) groups is 1. The molecule has 0 aliphatic heterocycles. The zero-order valence-electron chi connectivity index (χ0n) is 10.7. The molecule has 100 valence electrons. The van der Waals surface area contributed by atoms with Gasteiger partial charge in [-0.15, -0.1) is 0 Å². The van der Waals surface area contributed by atoms with E-state index in [1.54, 1.807) is 19.1 Å². The number of hydrogen-bond donors (Lipinski definition) is 0. The summed E-state index contributed by atoms with van der Waals surface area (Å²) in [6.45, 7) is 1.90. The van der Waals surface area contributed by atoms with E-state index in [1.165, 1.54) is 6.07 Å². The van der Waals surface area contributed by atoms with Crippen LogP contribution in [0, 0.1) is 11.6 Å². The molecule has 0 radical (unpaired) electrons. The van der Waals surface area contributed by atoms with Crippen LogP contribution in [-0.2, 0) is 4.74 Å². The van der Waals surface area contributed by atoms with Crippen molar-refractivity contribution in [3.63, 3.8) is 0 Å². The molecule has 0 aliphatic carbocycles. The number of esters is 1. The van der Waals surface area contributed by atoms with E-state index < -0.39 is 17.6 Å². The van der Waals surface area contributed by atoms with Gasteiger partial charge in [0.25, 0.3) is 0 Å². The Morgan fingerprint density at radius 1 is 1.30 bits per heavy atom. The molecule has 20 heavy (non-hydrogen) atoms. The summed E-state index contributed by atoms with van der Waals surface area (Å²) >= 11 is 0.443. The third-order valence-corrected chi connectivity index (χ3v) is 3.85. The molecule has 0 saturated heterocycles. The third kappa shape index (κ3) is 3.20. The molecule has 0 amide bonds. The molecule has 0 atom stereocenters. The molecule has 1 aromatic heterocycles. The summed E-state index contributed by atoms with van der Waals surface area (Å²) in [5, 5.41) is 0. The predicted octanol–water partition coefficient (Wildman–Crippen LogP) is 2.00. The van der Waals surface area contributed by atoms with Gasteiger partial charge < -0.3 is 0 Å². The van der Waals surface area contributed by atoms with Gasteiger partial charge in [0, 0.05) is 0 Å². The molecule has 2 aromatic rings. The van der Waals surface area contributed by atoms with E-state index in [0.717, 1.165) is 15.4 Å². The van der Waals surface area contributed by atoms with Gasteiger partial charge >= 0.3 is 131 Å². The Balaban J connectivity index is 2.59. The van der Waals surface area contributed by atoms with Crippen molar-refractivity contribution in [2.75, 3.05) is 6.61 Å². The van der Waals surface area contributed by atoms with Crippen LogP contribution in [0.2, 0.25) is 0 Å². The van der Waals surface area contributed by atoms with Crippen molar-refractivity contribution in [2.24, 2.45) is 0 Å². The molecule has 0 saturated carbocycles. The summed E-state index contributed by atoms with van der Waals surface area (Å²) in [4.78, 5) is 16.1. The van der Waals surface area contributed by atoms with Gasteiger partial charge in [0.2, 0.25) is 0 Å². The van der Waals surface area contributed by atoms with E-state index in [0.29, 0.717) is 25.8 Å². The van der Waals surface area contributed by atoms with Gasteiger partial charge in [-0.25, -0.2) is 0 Å². The number of ether oxygens (including phenoxy) is 1. The van der Waals surface area contributed by atoms with Crippen molar-refractivity contribution in [1.29, 1.82) is 0 Å². The topological polar surface area (TPSA) is 39.2 Å². The van der Waals surface area contributed by atoms with Crippen molar-refractivity contribution >= 4 is 35.0 Å². The summed E-state index contributed by atoms with van der Waals surface area (Å²) in [6.07, 6.45) is 0. The van der Waals surface area contributed by atoms with Crippen LogP contribution in [0.25, 0.3) is 11.3 Å². The summed E-state index contributed by atoms with van der Waals surface area (Å²) < 4.78 is 32.6. The van der Waals surface area contributed by atoms with Gasteiger partial charge in [0.05, 0.1) is 0 Å². The van der Waals surface area contributed by atoms with E-state index >= 15 is 0 Å². The number of carbonyl (C=O) groups excluding carboxylic acids is 1. The molecule has 0 aliphatic rings. The number of nitrogens with zero attached hydrogens (tertiary/aromatic N) is 1. The molecule has 2 rings (SSSR count). The van der Waals surface area contributed by atoms with Crippen LogP contribution in [0.15, 0.2) is 30.3 Å². The molecule has 0 unspecified atom stereocenters. The standard InChI is InChI=1S/C14H10F2NO2.Tl/c1-2-19-14(18)11-4-3-7-17-13(11)10-6-5-9(15)8-12(10)16;/h3-6,8H,2H2,1H3;. The van der Waals surface area contributed by atoms with Crippen molar-refractivity contribution in [3.8, 4) is 11.3 Å². The minimum atomic E-state index is -0.751. The number of benzene rings is 1. The molecular weight excluding hydrogens is 457 g/mol. The third-order valence-electron chi connectivity index (χ3n) is 2.60. The molecule has 0 fully saturated rings. The van der Waals surface area contributed by atoms with Crippen LogP contribution < -0.4 is 3.25 Å². The number of rotatable bonds is 3. The Morgan fingerprint density at radius 2 is 2.05 bits per heavy atom. The molecule has 1 heterocycles. The fraction of sp³-hybridized carbons (Fsp3) is 0.143. The molecule has 6 heteroatoms. The normalized spacial score (nSPS) is 10.3. The van der Waals surface area contributed by atoms with Gasteiger partial charge in [-0.3, -0.25) is 0 Å². The summed E-state index contributed by atoms with van der Waals surface area (Å²) in [6, 6.07) is 6.46. The maximum absolute atomic E-state index is 13.9. The SMILES string of the molecule is CCOC(=O)c1cc[c]([Tl])nc1-c1ccc(F)cc1F. The summed E-state index contributed by atoms with van der Waals surface area (Å²) in [5.41, 5.74) is 0.472. The average molecular weight is 467 g/mol. The second-order valence-corrected chi connectivity index (χ2v) is 6.28. The second kappa shape index (κ2) is 6.38. The molecule has 3 nitrogen and oxygen atoms in total. The Hall–Kier alpha value is -1.38. The Morgan fingerprint density at radius 3 is 2.70 bits per heavy atom. The minimum absolute atomic E-state index is 0.0944. The number of halogens is 2. The van der Waals surface area contributed by atoms with Crippen LogP contribution in [0.5, 0.6) is 0 Å². The summed E-state index contributed by atoms with van der Waals surface area (Å²) in [5.74, 6) is -1.99. The fourth-order valence-corrected chi connectivity index (χ4v) is 2.61. The van der Waals surface area contributed by atoms with Crippen LogP contribution in [0.4, 0.5) is 8.78 Å². The number of pyridine rings is 1. The number of hydrogen-bond acceptors (Lipinski definition) is 3. The first kappa shape index (κ1) is 15.0. The zero-order chi connectivity index (χ0) is 14.7. The maximum atomic E-state index is 13.9. The van der Waals surface area contributed by atoms with Gasteiger partial charge in [0.15, 0.2) is 0 Å². The summed E-state index contributed by atoms with van der Waals surface area (Å²) in [7, 11) is 0. The van der Waals surface area contributed by atoms with Crippen LogP contribution in [0.3, 0.4) is 0 Å². The molecule has 0 spiro atoms. The van der Waals surface area contributed by atoms with E-state index in [9.17, 15) is 13.6 Å². The predicted molar refractivity (Wildman–Crippen MR) is 70.9 cm³/mol. The molecule has 1 aromatic carbocycles. The first-order valence-electron chi connectivity index (χ1n) is 5.92.